The van der Waals surface area contributed by atoms with E-state index in [1.807, 2.05) is 30.6 Å². The van der Waals surface area contributed by atoms with Crippen LogP contribution < -0.4 is 0 Å². The molecule has 0 saturated carbocycles. The second-order valence-corrected chi connectivity index (χ2v) is 14.9. The lowest BCUT2D eigenvalue weighted by molar-refractivity contribution is 1.20. The number of nitrogens with zero attached hydrogens (tertiary/aromatic N) is 5. The number of fused-ring (bicyclic) bond motifs is 7. The van der Waals surface area contributed by atoms with Gasteiger partial charge >= 0.3 is 0 Å². The van der Waals surface area contributed by atoms with Gasteiger partial charge in [-0.2, -0.15) is 0 Å². The summed E-state index contributed by atoms with van der Waals surface area (Å²) < 4.78 is 0. The molecular formula is C53H31N5. The molecule has 4 aromatic heterocycles. The maximum absolute atomic E-state index is 5.31. The molecule has 12 rings (SSSR count). The summed E-state index contributed by atoms with van der Waals surface area (Å²) in [6.45, 7) is 0. The Morgan fingerprint density at radius 2 is 0.862 bits per heavy atom. The van der Waals surface area contributed by atoms with Crippen molar-refractivity contribution in [2.24, 2.45) is 0 Å². The zero-order valence-electron chi connectivity index (χ0n) is 31.1. The number of hydrogen-bond acceptors (Lipinski definition) is 5. The van der Waals surface area contributed by atoms with E-state index in [0.717, 1.165) is 77.7 Å². The van der Waals surface area contributed by atoms with Gasteiger partial charge in [-0.3, -0.25) is 9.97 Å². The molecule has 58 heavy (non-hydrogen) atoms. The SMILES string of the molecule is c1cc(-c2cncc(-c3cnc4ccccc4c3)n2)cc(-c2ccc3ccc4ccc(-c5cccc(-c6ccc7c8c(cccc68)-c6ccccc6-7)c5)nc4c3n2)c1. The van der Waals surface area contributed by atoms with Crippen molar-refractivity contribution in [2.45, 2.75) is 0 Å². The maximum Gasteiger partial charge on any atom is 0.0972 e. The predicted octanol–water partition coefficient (Wildman–Crippen LogP) is 13.3. The minimum Gasteiger partial charge on any atom is -0.260 e. The Labute approximate surface area is 334 Å². The third-order valence-electron chi connectivity index (χ3n) is 11.5. The fourth-order valence-electron chi connectivity index (χ4n) is 8.69. The van der Waals surface area contributed by atoms with E-state index in [1.165, 1.54) is 44.2 Å². The van der Waals surface area contributed by atoms with Crippen LogP contribution in [0, 0.1) is 0 Å². The summed E-state index contributed by atoms with van der Waals surface area (Å²) in [5.74, 6) is 0. The molecule has 7 aromatic carbocycles. The Kier molecular flexibility index (Phi) is 7.16. The third-order valence-corrected chi connectivity index (χ3v) is 11.5. The minimum absolute atomic E-state index is 0.778. The molecule has 0 radical (unpaired) electrons. The molecule has 0 saturated heterocycles. The molecule has 11 aromatic rings. The first-order valence-electron chi connectivity index (χ1n) is 19.5. The Morgan fingerprint density at radius 1 is 0.310 bits per heavy atom. The highest BCUT2D eigenvalue weighted by molar-refractivity contribution is 6.18. The monoisotopic (exact) mass is 737 g/mol. The van der Waals surface area contributed by atoms with Crippen LogP contribution in [0.4, 0.5) is 0 Å². The van der Waals surface area contributed by atoms with Gasteiger partial charge < -0.3 is 0 Å². The van der Waals surface area contributed by atoms with Crippen LogP contribution in [0.15, 0.2) is 188 Å². The normalized spacial score (nSPS) is 11.8. The van der Waals surface area contributed by atoms with Gasteiger partial charge in [-0.25, -0.2) is 15.0 Å². The number of benzene rings is 7. The third kappa shape index (κ3) is 5.21. The van der Waals surface area contributed by atoms with Gasteiger partial charge in [-0.15, -0.1) is 0 Å². The van der Waals surface area contributed by atoms with Gasteiger partial charge in [0.2, 0.25) is 0 Å². The van der Waals surface area contributed by atoms with Crippen LogP contribution in [0.5, 0.6) is 0 Å². The Bertz CT molecular complexity index is 3450. The molecule has 0 N–H and O–H groups in total. The highest BCUT2D eigenvalue weighted by Gasteiger charge is 2.22. The van der Waals surface area contributed by atoms with Gasteiger partial charge in [0, 0.05) is 44.6 Å². The summed E-state index contributed by atoms with van der Waals surface area (Å²) in [5, 5.41) is 5.76. The van der Waals surface area contributed by atoms with Crippen molar-refractivity contribution in [1.29, 1.82) is 0 Å². The van der Waals surface area contributed by atoms with Crippen LogP contribution in [0.2, 0.25) is 0 Å². The summed E-state index contributed by atoms with van der Waals surface area (Å²) in [5.41, 5.74) is 17.6. The standard InChI is InChI=1S/C53H31N5/c1-4-17-46-35(8-1)28-39(29-55-46)50-31-54-30-49(56-50)38-12-6-11-37(27-38)48-25-21-33-19-18-32-20-24-47(57-52(32)53(33)58-48)36-10-5-9-34(26-36)40-22-23-45-42-14-3-2-13-41(42)44-16-7-15-43(40)51(44)45/h1-31H. The van der Waals surface area contributed by atoms with E-state index in [1.54, 1.807) is 6.20 Å². The summed E-state index contributed by atoms with van der Waals surface area (Å²) >= 11 is 0. The van der Waals surface area contributed by atoms with E-state index >= 15 is 0 Å². The number of hydrogen-bond donors (Lipinski definition) is 0. The molecule has 0 atom stereocenters. The molecule has 1 aliphatic rings. The van der Waals surface area contributed by atoms with E-state index in [0.29, 0.717) is 0 Å². The number of rotatable bonds is 5. The summed E-state index contributed by atoms with van der Waals surface area (Å²) in [6.07, 6.45) is 5.46. The van der Waals surface area contributed by atoms with Crippen LogP contribution in [0.1, 0.15) is 0 Å². The zero-order chi connectivity index (χ0) is 38.2. The molecule has 0 bridgehead atoms. The van der Waals surface area contributed by atoms with E-state index in [2.05, 4.69) is 162 Å². The van der Waals surface area contributed by atoms with Crippen molar-refractivity contribution < 1.29 is 0 Å². The molecule has 0 unspecified atom stereocenters. The van der Waals surface area contributed by atoms with Gasteiger partial charge in [0.1, 0.15) is 0 Å². The molecule has 0 fully saturated rings. The smallest absolute Gasteiger partial charge is 0.0972 e. The van der Waals surface area contributed by atoms with Gasteiger partial charge in [-0.1, -0.05) is 133 Å². The zero-order valence-corrected chi connectivity index (χ0v) is 31.1. The van der Waals surface area contributed by atoms with Gasteiger partial charge in [-0.05, 0) is 80.6 Å². The average molecular weight is 738 g/mol. The molecule has 0 aliphatic heterocycles. The molecule has 0 spiro atoms. The lowest BCUT2D eigenvalue weighted by Gasteiger charge is -2.12. The first-order chi connectivity index (χ1) is 28.7. The van der Waals surface area contributed by atoms with Crippen LogP contribution in [-0.2, 0) is 0 Å². The fraction of sp³-hybridized carbons (Fsp3) is 0. The molecule has 4 heterocycles. The Hall–Kier alpha value is -7.89. The van der Waals surface area contributed by atoms with Crippen molar-refractivity contribution in [1.82, 2.24) is 24.9 Å². The second kappa shape index (κ2) is 12.8. The van der Waals surface area contributed by atoms with Crippen molar-refractivity contribution in [3.05, 3.63) is 188 Å². The first-order valence-corrected chi connectivity index (χ1v) is 19.5. The summed E-state index contributed by atoms with van der Waals surface area (Å²) in [4.78, 5) is 24.8. The van der Waals surface area contributed by atoms with E-state index < -0.39 is 0 Å². The fourth-order valence-corrected chi connectivity index (χ4v) is 8.69. The summed E-state index contributed by atoms with van der Waals surface area (Å²) in [6, 6.07) is 60.0. The largest absolute Gasteiger partial charge is 0.260 e. The molecule has 0 amide bonds. The Balaban J connectivity index is 0.909. The average Bonchev–Trinajstić information content (AvgIpc) is 3.63. The number of para-hydroxylation sites is 1. The van der Waals surface area contributed by atoms with Gasteiger partial charge in [0.25, 0.3) is 0 Å². The molecule has 1 aliphatic carbocycles. The molecular weight excluding hydrogens is 707 g/mol. The molecule has 5 nitrogen and oxygen atoms in total. The Morgan fingerprint density at radius 3 is 1.60 bits per heavy atom. The highest BCUT2D eigenvalue weighted by Crippen LogP contribution is 2.49. The maximum atomic E-state index is 5.31. The number of pyridine rings is 3. The van der Waals surface area contributed by atoms with E-state index in [4.69, 9.17) is 15.0 Å². The predicted molar refractivity (Wildman–Crippen MR) is 237 cm³/mol. The van der Waals surface area contributed by atoms with Crippen molar-refractivity contribution in [3.63, 3.8) is 0 Å². The topological polar surface area (TPSA) is 64.5 Å². The van der Waals surface area contributed by atoms with Crippen LogP contribution in [-0.4, -0.2) is 24.9 Å². The van der Waals surface area contributed by atoms with Crippen LogP contribution in [0.25, 0.3) is 122 Å². The first kappa shape index (κ1) is 32.4. The quantitative estimate of drug-likeness (QED) is 0.165. The minimum atomic E-state index is 0.778. The van der Waals surface area contributed by atoms with Gasteiger partial charge in [0.05, 0.1) is 51.7 Å². The second-order valence-electron chi connectivity index (χ2n) is 14.9. The molecule has 268 valence electrons. The van der Waals surface area contributed by atoms with Crippen molar-refractivity contribution in [3.8, 4) is 78.4 Å². The molecule has 5 heteroatoms. The highest BCUT2D eigenvalue weighted by atomic mass is 14.8. The van der Waals surface area contributed by atoms with Gasteiger partial charge in [0.15, 0.2) is 0 Å². The number of aromatic nitrogens is 5. The lowest BCUT2D eigenvalue weighted by atomic mass is 9.93. The van der Waals surface area contributed by atoms with E-state index in [9.17, 15) is 0 Å². The van der Waals surface area contributed by atoms with Crippen molar-refractivity contribution >= 4 is 43.5 Å². The van der Waals surface area contributed by atoms with Crippen LogP contribution >= 0.6 is 0 Å². The van der Waals surface area contributed by atoms with Crippen molar-refractivity contribution in [2.75, 3.05) is 0 Å². The summed E-state index contributed by atoms with van der Waals surface area (Å²) in [7, 11) is 0. The van der Waals surface area contributed by atoms with E-state index in [-0.39, 0.29) is 0 Å². The lowest BCUT2D eigenvalue weighted by Crippen LogP contribution is -1.93. The van der Waals surface area contributed by atoms with Crippen LogP contribution in [0.3, 0.4) is 0 Å².